The zero-order valence-corrected chi connectivity index (χ0v) is 19.2. The fraction of sp³-hybridized carbons (Fsp3) is 0.348. The molecule has 0 spiro atoms. The van der Waals surface area contributed by atoms with Gasteiger partial charge in [-0.05, 0) is 48.6 Å². The van der Waals surface area contributed by atoms with E-state index in [0.29, 0.717) is 36.3 Å². The lowest BCUT2D eigenvalue weighted by molar-refractivity contribution is -0.137. The molecule has 2 saturated heterocycles. The molecule has 0 unspecified atom stereocenters. The Morgan fingerprint density at radius 2 is 1.72 bits per heavy atom. The molecule has 2 aromatic rings. The second-order valence-corrected chi connectivity index (χ2v) is 8.67. The summed E-state index contributed by atoms with van der Waals surface area (Å²) in [6.45, 7) is 3.84. The van der Waals surface area contributed by atoms with Crippen LogP contribution in [0.5, 0.6) is 0 Å². The number of piperazine rings is 2. The van der Waals surface area contributed by atoms with Gasteiger partial charge in [-0.15, -0.1) is 0 Å². The van der Waals surface area contributed by atoms with Crippen LogP contribution in [0.1, 0.15) is 6.42 Å². The Morgan fingerprint density at radius 1 is 1.03 bits per heavy atom. The first-order chi connectivity index (χ1) is 15.5. The van der Waals surface area contributed by atoms with Crippen LogP contribution in [0.15, 0.2) is 54.6 Å². The maximum Gasteiger partial charge on any atom is 0.243 e. The summed E-state index contributed by atoms with van der Waals surface area (Å²) in [7, 11) is 0. The first-order valence-corrected chi connectivity index (χ1v) is 11.5. The molecule has 2 aliphatic heterocycles. The highest BCUT2D eigenvalue weighted by Crippen LogP contribution is 2.19. The Morgan fingerprint density at radius 3 is 2.41 bits per heavy atom. The number of hydrogen-bond donors (Lipinski definition) is 2. The fourth-order valence-electron chi connectivity index (χ4n) is 4.04. The second kappa shape index (κ2) is 10.2. The van der Waals surface area contributed by atoms with Crippen molar-refractivity contribution in [2.45, 2.75) is 12.5 Å². The van der Waals surface area contributed by atoms with Crippen molar-refractivity contribution in [1.29, 1.82) is 0 Å². The van der Waals surface area contributed by atoms with Crippen LogP contribution in [0.2, 0.25) is 5.02 Å². The summed E-state index contributed by atoms with van der Waals surface area (Å²) in [6, 6.07) is 16.8. The fourth-order valence-corrected chi connectivity index (χ4v) is 4.50. The van der Waals surface area contributed by atoms with E-state index in [9.17, 15) is 9.59 Å². The monoisotopic (exact) mass is 471 g/mol. The smallest absolute Gasteiger partial charge is 0.243 e. The van der Waals surface area contributed by atoms with Gasteiger partial charge < -0.3 is 25.3 Å². The van der Waals surface area contributed by atoms with Gasteiger partial charge in [0.2, 0.25) is 11.8 Å². The molecule has 2 N–H and O–H groups in total. The van der Waals surface area contributed by atoms with Crippen LogP contribution in [-0.4, -0.2) is 72.0 Å². The van der Waals surface area contributed by atoms with Gasteiger partial charge in [0.1, 0.15) is 6.04 Å². The van der Waals surface area contributed by atoms with Gasteiger partial charge in [-0.3, -0.25) is 9.59 Å². The minimum atomic E-state index is -0.629. The van der Waals surface area contributed by atoms with E-state index in [0.717, 1.165) is 24.5 Å². The summed E-state index contributed by atoms with van der Waals surface area (Å²) in [5.74, 6) is -0.202. The largest absolute Gasteiger partial charge is 0.368 e. The number of anilines is 2. The minimum Gasteiger partial charge on any atom is -0.368 e. The van der Waals surface area contributed by atoms with Gasteiger partial charge in [0, 0.05) is 55.7 Å². The third-order valence-electron chi connectivity index (χ3n) is 5.81. The zero-order chi connectivity index (χ0) is 22.5. The van der Waals surface area contributed by atoms with E-state index < -0.39 is 6.04 Å². The van der Waals surface area contributed by atoms with Gasteiger partial charge in [-0.2, -0.15) is 0 Å². The Bertz CT molecular complexity index is 964. The number of nitrogens with one attached hydrogen (secondary N) is 2. The van der Waals surface area contributed by atoms with Crippen LogP contribution in [-0.2, 0) is 9.59 Å². The highest BCUT2D eigenvalue weighted by Gasteiger charge is 2.35. The molecule has 168 valence electrons. The van der Waals surface area contributed by atoms with Crippen LogP contribution in [0.4, 0.5) is 11.4 Å². The number of halogens is 1. The van der Waals surface area contributed by atoms with E-state index in [1.807, 2.05) is 35.2 Å². The van der Waals surface area contributed by atoms with Crippen LogP contribution in [0.3, 0.4) is 0 Å². The van der Waals surface area contributed by atoms with Gasteiger partial charge in [0.15, 0.2) is 5.11 Å². The second-order valence-electron chi connectivity index (χ2n) is 7.84. The maximum absolute atomic E-state index is 13.0. The van der Waals surface area contributed by atoms with Crippen molar-refractivity contribution in [1.82, 2.24) is 15.1 Å². The standard InChI is InChI=1S/C23H26ClN5O2S/c24-17-6-8-18(9-7-17)26-23(32)29-11-10-25-22(31)20(29)16-21(30)28-14-12-27(13-15-28)19-4-2-1-3-5-19/h1-9,20H,10-16H2,(H,25,31)(H,26,32)/t20-/m0/s1. The number of nitrogens with zero attached hydrogens (tertiary/aromatic N) is 3. The van der Waals surface area contributed by atoms with Crippen molar-refractivity contribution in [3.05, 3.63) is 59.6 Å². The van der Waals surface area contributed by atoms with Crippen LogP contribution in [0.25, 0.3) is 0 Å². The number of thiocarbonyl (C=S) groups is 1. The van der Waals surface area contributed by atoms with Gasteiger partial charge in [0.25, 0.3) is 0 Å². The lowest BCUT2D eigenvalue weighted by Crippen LogP contribution is -2.60. The minimum absolute atomic E-state index is 0.0287. The number of benzene rings is 2. The molecule has 2 heterocycles. The van der Waals surface area contributed by atoms with Gasteiger partial charge in [-0.1, -0.05) is 29.8 Å². The normalized spacial score (nSPS) is 18.8. The quantitative estimate of drug-likeness (QED) is 0.668. The van der Waals surface area contributed by atoms with Crippen molar-refractivity contribution in [2.75, 3.05) is 49.5 Å². The molecular weight excluding hydrogens is 446 g/mol. The zero-order valence-electron chi connectivity index (χ0n) is 17.7. The summed E-state index contributed by atoms with van der Waals surface area (Å²) < 4.78 is 0. The predicted molar refractivity (Wildman–Crippen MR) is 131 cm³/mol. The molecule has 0 aromatic heterocycles. The molecule has 0 radical (unpaired) electrons. The first-order valence-electron chi connectivity index (χ1n) is 10.7. The predicted octanol–water partition coefficient (Wildman–Crippen LogP) is 2.58. The van der Waals surface area contributed by atoms with Crippen LogP contribution >= 0.6 is 23.8 Å². The van der Waals surface area contributed by atoms with Crippen molar-refractivity contribution in [3.63, 3.8) is 0 Å². The molecule has 2 aliphatic rings. The molecule has 7 nitrogen and oxygen atoms in total. The van der Waals surface area contributed by atoms with E-state index in [-0.39, 0.29) is 18.2 Å². The third kappa shape index (κ3) is 5.31. The summed E-state index contributed by atoms with van der Waals surface area (Å²) in [4.78, 5) is 31.6. The number of carbonyl (C=O) groups excluding carboxylic acids is 2. The third-order valence-corrected chi connectivity index (χ3v) is 6.40. The summed E-state index contributed by atoms with van der Waals surface area (Å²) in [6.07, 6.45) is 0.0968. The number of para-hydroxylation sites is 1. The number of rotatable bonds is 4. The Labute approximate surface area is 198 Å². The van der Waals surface area contributed by atoms with E-state index in [1.165, 1.54) is 0 Å². The molecule has 4 rings (SSSR count). The van der Waals surface area contributed by atoms with E-state index in [4.69, 9.17) is 23.8 Å². The first kappa shape index (κ1) is 22.4. The van der Waals surface area contributed by atoms with Gasteiger partial charge >= 0.3 is 0 Å². The molecule has 2 aromatic carbocycles. The molecule has 2 fully saturated rings. The highest BCUT2D eigenvalue weighted by atomic mass is 35.5. The SMILES string of the molecule is O=C1NCCN(C(=S)Nc2ccc(Cl)cc2)[C@H]1CC(=O)N1CCN(c2ccccc2)CC1. The lowest BCUT2D eigenvalue weighted by Gasteiger charge is -2.39. The van der Waals surface area contributed by atoms with Crippen molar-refractivity contribution in [3.8, 4) is 0 Å². The van der Waals surface area contributed by atoms with E-state index in [2.05, 4.69) is 27.7 Å². The molecule has 1 atom stereocenters. The summed E-state index contributed by atoms with van der Waals surface area (Å²) in [5.41, 5.74) is 1.95. The molecule has 0 bridgehead atoms. The van der Waals surface area contributed by atoms with Gasteiger partial charge in [0.05, 0.1) is 6.42 Å². The Hall–Kier alpha value is -2.84. The molecule has 2 amide bonds. The lowest BCUT2D eigenvalue weighted by atomic mass is 10.1. The maximum atomic E-state index is 13.0. The topological polar surface area (TPSA) is 67.9 Å². The van der Waals surface area contributed by atoms with Gasteiger partial charge in [-0.25, -0.2) is 0 Å². The molecule has 0 saturated carbocycles. The summed E-state index contributed by atoms with van der Waals surface area (Å²) >= 11 is 11.5. The van der Waals surface area contributed by atoms with Crippen LogP contribution in [0, 0.1) is 0 Å². The Balaban J connectivity index is 1.36. The van der Waals surface area contributed by atoms with Crippen LogP contribution < -0.4 is 15.5 Å². The van der Waals surface area contributed by atoms with E-state index >= 15 is 0 Å². The van der Waals surface area contributed by atoms with Crippen molar-refractivity contribution in [2.24, 2.45) is 0 Å². The highest BCUT2D eigenvalue weighted by molar-refractivity contribution is 7.80. The number of amides is 2. The number of carbonyl (C=O) groups is 2. The Kier molecular flexibility index (Phi) is 7.12. The molecule has 9 heteroatoms. The van der Waals surface area contributed by atoms with Crippen molar-refractivity contribution >= 4 is 52.1 Å². The summed E-state index contributed by atoms with van der Waals surface area (Å²) in [5, 5.41) is 7.07. The number of hydrogen-bond acceptors (Lipinski definition) is 4. The average Bonchev–Trinajstić information content (AvgIpc) is 2.82. The molecule has 32 heavy (non-hydrogen) atoms. The van der Waals surface area contributed by atoms with E-state index in [1.54, 1.807) is 17.0 Å². The van der Waals surface area contributed by atoms with Crippen molar-refractivity contribution < 1.29 is 9.59 Å². The average molecular weight is 472 g/mol. The molecule has 0 aliphatic carbocycles. The molecular formula is C23H26ClN5O2S.